The Morgan fingerprint density at radius 3 is 3.00 bits per heavy atom. The molecule has 2 aromatic rings. The molecule has 90 valence electrons. The van der Waals surface area contributed by atoms with E-state index in [-0.39, 0.29) is 0 Å². The van der Waals surface area contributed by atoms with Crippen molar-refractivity contribution in [1.82, 2.24) is 4.90 Å². The van der Waals surface area contributed by atoms with Crippen LogP contribution < -0.4 is 0 Å². The summed E-state index contributed by atoms with van der Waals surface area (Å²) in [7, 11) is 2.20. The van der Waals surface area contributed by atoms with Gasteiger partial charge < -0.3 is 9.32 Å². The van der Waals surface area contributed by atoms with Crippen LogP contribution in [0.4, 0.5) is 0 Å². The Morgan fingerprint density at radius 1 is 1.35 bits per heavy atom. The Labute approximate surface area is 102 Å². The highest BCUT2D eigenvalue weighted by Gasteiger charge is 2.22. The van der Waals surface area contributed by atoms with Gasteiger partial charge in [0, 0.05) is 30.0 Å². The van der Waals surface area contributed by atoms with E-state index < -0.39 is 0 Å². The van der Waals surface area contributed by atoms with Crippen LogP contribution in [0.3, 0.4) is 0 Å². The number of likely N-dealkylation sites (N-methyl/N-ethyl adjacent to an activating group) is 1. The molecule has 0 spiro atoms. The lowest BCUT2D eigenvalue weighted by Gasteiger charge is -2.20. The summed E-state index contributed by atoms with van der Waals surface area (Å²) in [6, 6.07) is 7.06. The summed E-state index contributed by atoms with van der Waals surface area (Å²) in [5, 5.41) is 1.32. The zero-order valence-electron chi connectivity index (χ0n) is 10.8. The fourth-order valence-corrected chi connectivity index (χ4v) is 2.68. The van der Waals surface area contributed by atoms with E-state index in [0.29, 0.717) is 6.04 Å². The Morgan fingerprint density at radius 2 is 2.18 bits per heavy atom. The molecule has 1 aromatic heterocycles. The fraction of sp³-hybridized carbons (Fsp3) is 0.467. The van der Waals surface area contributed by atoms with E-state index in [1.165, 1.54) is 22.3 Å². The number of aryl methyl sites for hydroxylation is 1. The lowest BCUT2D eigenvalue weighted by atomic mass is 10.0. The molecule has 1 unspecified atom stereocenters. The summed E-state index contributed by atoms with van der Waals surface area (Å²) in [5.74, 6) is 1.20. The van der Waals surface area contributed by atoms with Crippen molar-refractivity contribution >= 4 is 11.0 Å². The number of rotatable bonds is 0. The van der Waals surface area contributed by atoms with Crippen LogP contribution in [0.2, 0.25) is 0 Å². The number of hydrogen-bond donors (Lipinski definition) is 0. The molecule has 17 heavy (non-hydrogen) atoms. The van der Waals surface area contributed by atoms with Crippen molar-refractivity contribution < 1.29 is 4.42 Å². The molecule has 0 aliphatic carbocycles. The minimum absolute atomic E-state index is 0.568. The molecule has 0 saturated heterocycles. The second-order valence-electron chi connectivity index (χ2n) is 5.29. The maximum absolute atomic E-state index is 6.02. The van der Waals surface area contributed by atoms with Gasteiger partial charge in [-0.25, -0.2) is 0 Å². The number of nitrogens with zero attached hydrogens (tertiary/aromatic N) is 1. The molecule has 0 amide bonds. The molecule has 2 nitrogen and oxygen atoms in total. The van der Waals surface area contributed by atoms with E-state index in [1.54, 1.807) is 0 Å². The molecule has 0 saturated carbocycles. The molecule has 1 atom stereocenters. The third-order valence-corrected chi connectivity index (χ3v) is 3.98. The van der Waals surface area contributed by atoms with Crippen molar-refractivity contribution in [2.75, 3.05) is 13.6 Å². The summed E-state index contributed by atoms with van der Waals surface area (Å²) in [4.78, 5) is 2.41. The first-order chi connectivity index (χ1) is 8.15. The van der Waals surface area contributed by atoms with Crippen LogP contribution in [-0.2, 0) is 12.8 Å². The highest BCUT2D eigenvalue weighted by Crippen LogP contribution is 2.30. The van der Waals surface area contributed by atoms with Gasteiger partial charge in [0.25, 0.3) is 0 Å². The number of fused-ring (bicyclic) bond motifs is 3. The van der Waals surface area contributed by atoms with Crippen molar-refractivity contribution in [3.63, 3.8) is 0 Å². The number of benzene rings is 1. The lowest BCUT2D eigenvalue weighted by Crippen LogP contribution is -2.30. The Balaban J connectivity index is 2.15. The second kappa shape index (κ2) is 3.88. The van der Waals surface area contributed by atoms with Gasteiger partial charge in [0.2, 0.25) is 0 Å². The molecule has 1 aromatic carbocycles. The summed E-state index contributed by atoms with van der Waals surface area (Å²) < 4.78 is 6.02. The molecule has 0 N–H and O–H groups in total. The van der Waals surface area contributed by atoms with E-state index in [1.807, 2.05) is 0 Å². The monoisotopic (exact) mass is 229 g/mol. The average Bonchev–Trinajstić information content (AvgIpc) is 2.55. The maximum atomic E-state index is 6.02. The highest BCUT2D eigenvalue weighted by atomic mass is 16.3. The summed E-state index contributed by atoms with van der Waals surface area (Å²) in [6.07, 6.45) is 2.13. The molecule has 0 radical (unpaired) electrons. The molecular formula is C15H19NO. The van der Waals surface area contributed by atoms with E-state index in [4.69, 9.17) is 4.42 Å². The Kier molecular flexibility index (Phi) is 2.48. The van der Waals surface area contributed by atoms with Gasteiger partial charge in [-0.15, -0.1) is 0 Å². The van der Waals surface area contributed by atoms with Crippen LogP contribution in [0.25, 0.3) is 11.0 Å². The molecule has 2 heterocycles. The number of furan rings is 1. The summed E-state index contributed by atoms with van der Waals surface area (Å²) >= 11 is 0. The van der Waals surface area contributed by atoms with Crippen molar-refractivity contribution in [2.24, 2.45) is 0 Å². The van der Waals surface area contributed by atoms with Gasteiger partial charge in [-0.05, 0) is 39.4 Å². The fourth-order valence-electron chi connectivity index (χ4n) is 2.68. The SMILES string of the molecule is Cc1ccc2oc3c(c2c1)CCN(C)C(C)C3. The Hall–Kier alpha value is -1.28. The van der Waals surface area contributed by atoms with Crippen molar-refractivity contribution in [3.05, 3.63) is 35.1 Å². The van der Waals surface area contributed by atoms with Crippen molar-refractivity contribution in [2.45, 2.75) is 32.7 Å². The normalized spacial score (nSPS) is 21.5. The maximum Gasteiger partial charge on any atom is 0.134 e. The smallest absolute Gasteiger partial charge is 0.134 e. The van der Waals surface area contributed by atoms with E-state index >= 15 is 0 Å². The van der Waals surface area contributed by atoms with Gasteiger partial charge >= 0.3 is 0 Å². The van der Waals surface area contributed by atoms with E-state index in [9.17, 15) is 0 Å². The van der Waals surface area contributed by atoms with Crippen LogP contribution in [0, 0.1) is 6.92 Å². The average molecular weight is 229 g/mol. The van der Waals surface area contributed by atoms with Gasteiger partial charge in [0.05, 0.1) is 0 Å². The first-order valence-electron chi connectivity index (χ1n) is 6.36. The van der Waals surface area contributed by atoms with Crippen LogP contribution in [0.15, 0.2) is 22.6 Å². The van der Waals surface area contributed by atoms with Crippen LogP contribution in [-0.4, -0.2) is 24.5 Å². The molecule has 2 heteroatoms. The highest BCUT2D eigenvalue weighted by molar-refractivity contribution is 5.83. The van der Waals surface area contributed by atoms with Gasteiger partial charge in [0.1, 0.15) is 11.3 Å². The molecule has 1 aliphatic heterocycles. The quantitative estimate of drug-likeness (QED) is 0.690. The molecule has 0 fully saturated rings. The predicted octanol–water partition coefficient (Wildman–Crippen LogP) is 3.16. The van der Waals surface area contributed by atoms with Gasteiger partial charge in [-0.2, -0.15) is 0 Å². The third-order valence-electron chi connectivity index (χ3n) is 3.98. The summed E-state index contributed by atoms with van der Waals surface area (Å²) in [6.45, 7) is 5.54. The first-order valence-corrected chi connectivity index (χ1v) is 6.36. The second-order valence-corrected chi connectivity index (χ2v) is 5.29. The van der Waals surface area contributed by atoms with Crippen molar-refractivity contribution in [1.29, 1.82) is 0 Å². The Bertz CT molecular complexity index is 555. The third kappa shape index (κ3) is 1.77. The van der Waals surface area contributed by atoms with E-state index in [2.05, 4.69) is 44.0 Å². The van der Waals surface area contributed by atoms with Gasteiger partial charge in [0.15, 0.2) is 0 Å². The largest absolute Gasteiger partial charge is 0.461 e. The standard InChI is InChI=1S/C15H19NO/c1-10-4-5-14-13(8-10)12-6-7-16(3)11(2)9-15(12)17-14/h4-5,8,11H,6-7,9H2,1-3H3. The summed E-state index contributed by atoms with van der Waals surface area (Å²) in [5.41, 5.74) is 3.80. The molecule has 3 rings (SSSR count). The zero-order chi connectivity index (χ0) is 12.0. The van der Waals surface area contributed by atoms with Crippen LogP contribution in [0.1, 0.15) is 23.8 Å². The topological polar surface area (TPSA) is 16.4 Å². The minimum Gasteiger partial charge on any atom is -0.461 e. The van der Waals surface area contributed by atoms with Crippen LogP contribution in [0.5, 0.6) is 0 Å². The van der Waals surface area contributed by atoms with E-state index in [0.717, 1.165) is 25.0 Å². The first kappa shape index (κ1) is 10.8. The lowest BCUT2D eigenvalue weighted by molar-refractivity contribution is 0.262. The van der Waals surface area contributed by atoms with Crippen molar-refractivity contribution in [3.8, 4) is 0 Å². The zero-order valence-corrected chi connectivity index (χ0v) is 10.8. The number of hydrogen-bond acceptors (Lipinski definition) is 2. The van der Waals surface area contributed by atoms with Gasteiger partial charge in [-0.1, -0.05) is 11.6 Å². The van der Waals surface area contributed by atoms with Crippen LogP contribution >= 0.6 is 0 Å². The molecular weight excluding hydrogens is 210 g/mol. The molecule has 1 aliphatic rings. The predicted molar refractivity (Wildman–Crippen MR) is 70.5 cm³/mol. The van der Waals surface area contributed by atoms with Gasteiger partial charge in [-0.3, -0.25) is 0 Å². The molecule has 0 bridgehead atoms. The minimum atomic E-state index is 0.568.